The Balaban J connectivity index is 1.86. The van der Waals surface area contributed by atoms with Gasteiger partial charge in [0.2, 0.25) is 11.8 Å². The number of hydrogen-bond acceptors (Lipinski definition) is 7. The van der Waals surface area contributed by atoms with Gasteiger partial charge in [-0.05, 0) is 18.8 Å². The first kappa shape index (κ1) is 22.4. The quantitative estimate of drug-likeness (QED) is 0.451. The maximum atomic E-state index is 12.7. The molecular formula is C15H22BF3N4O4S. The average molecular weight is 422 g/mol. The van der Waals surface area contributed by atoms with E-state index in [1.807, 2.05) is 13.8 Å². The van der Waals surface area contributed by atoms with E-state index >= 15 is 0 Å². The summed E-state index contributed by atoms with van der Waals surface area (Å²) >= 11 is 0.803. The molecule has 0 saturated carbocycles. The Bertz CT molecular complexity index is 701. The van der Waals surface area contributed by atoms with Gasteiger partial charge in [0.25, 0.3) is 0 Å². The molecule has 4 N–H and O–H groups in total. The summed E-state index contributed by atoms with van der Waals surface area (Å²) in [5.74, 6) is -1.84. The summed E-state index contributed by atoms with van der Waals surface area (Å²) in [7, 11) is -1.73. The second-order valence-corrected chi connectivity index (χ2v) is 7.78. The first-order valence-corrected chi connectivity index (χ1v) is 9.59. The van der Waals surface area contributed by atoms with Gasteiger partial charge >= 0.3 is 13.3 Å². The second kappa shape index (κ2) is 9.10. The summed E-state index contributed by atoms with van der Waals surface area (Å²) in [4.78, 5) is 29.2. The third kappa shape index (κ3) is 5.82. The molecule has 1 aliphatic heterocycles. The number of nitrogens with one attached hydrogen (secondary N) is 2. The van der Waals surface area contributed by atoms with Crippen LogP contribution in [0.2, 0.25) is 0 Å². The lowest BCUT2D eigenvalue weighted by Crippen LogP contribution is -2.58. The van der Waals surface area contributed by atoms with Crippen LogP contribution in [0.4, 0.5) is 18.3 Å². The molecule has 1 saturated heterocycles. The summed E-state index contributed by atoms with van der Waals surface area (Å²) in [6, 6.07) is -0.699. The molecule has 0 bridgehead atoms. The third-order valence-corrected chi connectivity index (χ3v) is 5.08. The zero-order chi connectivity index (χ0) is 21.1. The van der Waals surface area contributed by atoms with E-state index in [0.29, 0.717) is 19.4 Å². The number of halogens is 3. The fraction of sp³-hybridized carbons (Fsp3) is 0.667. The van der Waals surface area contributed by atoms with Crippen LogP contribution in [-0.2, 0) is 15.8 Å². The van der Waals surface area contributed by atoms with Crippen molar-refractivity contribution in [2.24, 2.45) is 5.92 Å². The van der Waals surface area contributed by atoms with Gasteiger partial charge in [0.1, 0.15) is 6.04 Å². The van der Waals surface area contributed by atoms with Crippen LogP contribution in [0.15, 0.2) is 5.38 Å². The van der Waals surface area contributed by atoms with Crippen molar-refractivity contribution in [1.82, 2.24) is 15.6 Å². The number of alkyl halides is 3. The first-order chi connectivity index (χ1) is 13.0. The molecule has 0 radical (unpaired) electrons. The number of thiazole rings is 1. The van der Waals surface area contributed by atoms with Crippen molar-refractivity contribution in [1.29, 1.82) is 0 Å². The highest BCUT2D eigenvalue weighted by molar-refractivity contribution is 7.13. The highest BCUT2D eigenvalue weighted by atomic mass is 32.1. The Morgan fingerprint density at radius 1 is 1.43 bits per heavy atom. The number of carbonyl (C=O) groups is 2. The van der Waals surface area contributed by atoms with Gasteiger partial charge in [0.15, 0.2) is 10.8 Å². The molecule has 1 aromatic heterocycles. The van der Waals surface area contributed by atoms with E-state index in [0.717, 1.165) is 16.7 Å². The molecule has 0 aromatic carbocycles. The molecule has 1 aliphatic rings. The molecule has 2 heterocycles. The maximum Gasteiger partial charge on any atom is 0.475 e. The van der Waals surface area contributed by atoms with E-state index in [2.05, 4.69) is 15.6 Å². The van der Waals surface area contributed by atoms with Crippen LogP contribution >= 0.6 is 11.3 Å². The van der Waals surface area contributed by atoms with Gasteiger partial charge in [-0.25, -0.2) is 4.98 Å². The fourth-order valence-corrected chi connectivity index (χ4v) is 3.63. The lowest BCUT2D eigenvalue weighted by molar-refractivity contribution is -0.140. The van der Waals surface area contributed by atoms with Crippen LogP contribution in [0.3, 0.4) is 0 Å². The molecule has 2 rings (SSSR count). The smallest absolute Gasteiger partial charge is 0.426 e. The van der Waals surface area contributed by atoms with Gasteiger partial charge in [-0.15, -0.1) is 11.3 Å². The minimum atomic E-state index is -4.54. The molecule has 8 nitrogen and oxygen atoms in total. The monoisotopic (exact) mass is 422 g/mol. The van der Waals surface area contributed by atoms with Crippen molar-refractivity contribution >= 4 is 35.4 Å². The lowest BCUT2D eigenvalue weighted by Gasteiger charge is -2.39. The van der Waals surface area contributed by atoms with Gasteiger partial charge in [0.05, 0.1) is 12.5 Å². The molecule has 13 heteroatoms. The Kier molecular flexibility index (Phi) is 7.29. The van der Waals surface area contributed by atoms with Crippen molar-refractivity contribution in [2.75, 3.05) is 18.0 Å². The van der Waals surface area contributed by atoms with Crippen LogP contribution < -0.4 is 15.5 Å². The number of amides is 2. The molecule has 156 valence electrons. The Morgan fingerprint density at radius 2 is 2.11 bits per heavy atom. The van der Waals surface area contributed by atoms with Crippen LogP contribution in [0.25, 0.3) is 0 Å². The number of hydrogen-bond donors (Lipinski definition) is 4. The van der Waals surface area contributed by atoms with Gasteiger partial charge in [-0.3, -0.25) is 9.59 Å². The molecule has 1 fully saturated rings. The van der Waals surface area contributed by atoms with E-state index in [9.17, 15) is 32.8 Å². The molecule has 0 aliphatic carbocycles. The summed E-state index contributed by atoms with van der Waals surface area (Å²) in [5.41, 5.74) is -1.00. The minimum Gasteiger partial charge on any atom is -0.426 e. The van der Waals surface area contributed by atoms with Crippen molar-refractivity contribution in [3.63, 3.8) is 0 Å². The van der Waals surface area contributed by atoms with Gasteiger partial charge in [-0.2, -0.15) is 13.2 Å². The Labute approximate surface area is 164 Å². The van der Waals surface area contributed by atoms with E-state index in [1.165, 1.54) is 4.90 Å². The summed E-state index contributed by atoms with van der Waals surface area (Å²) < 4.78 is 38.0. The van der Waals surface area contributed by atoms with Crippen LogP contribution in [0.5, 0.6) is 0 Å². The number of aromatic nitrogens is 1. The highest BCUT2D eigenvalue weighted by Crippen LogP contribution is 2.35. The predicted molar refractivity (Wildman–Crippen MR) is 97.5 cm³/mol. The zero-order valence-electron chi connectivity index (χ0n) is 15.4. The first-order valence-electron chi connectivity index (χ1n) is 8.71. The van der Waals surface area contributed by atoms with Crippen LogP contribution in [0, 0.1) is 5.92 Å². The number of nitrogens with zero attached hydrogens (tertiary/aromatic N) is 2. The highest BCUT2D eigenvalue weighted by Gasteiger charge is 2.39. The lowest BCUT2D eigenvalue weighted by atomic mass is 9.75. The molecule has 2 amide bonds. The molecule has 2 atom stereocenters. The number of anilines is 1. The van der Waals surface area contributed by atoms with Gasteiger partial charge < -0.3 is 25.6 Å². The van der Waals surface area contributed by atoms with Crippen molar-refractivity contribution in [3.8, 4) is 0 Å². The van der Waals surface area contributed by atoms with Crippen LogP contribution in [0.1, 0.15) is 32.4 Å². The topological polar surface area (TPSA) is 115 Å². The summed E-state index contributed by atoms with van der Waals surface area (Å²) in [6.45, 7) is 3.73. The fourth-order valence-electron chi connectivity index (χ4n) is 2.72. The number of rotatable bonds is 8. The molecular weight excluding hydrogens is 400 g/mol. The molecule has 0 spiro atoms. The second-order valence-electron chi connectivity index (χ2n) is 6.95. The molecule has 1 unspecified atom stereocenters. The van der Waals surface area contributed by atoms with E-state index in [1.54, 1.807) is 0 Å². The molecule has 1 aromatic rings. The maximum absolute atomic E-state index is 12.7. The largest absolute Gasteiger partial charge is 0.475 e. The minimum absolute atomic E-state index is 0.101. The predicted octanol–water partition coefficient (Wildman–Crippen LogP) is 0.400. The van der Waals surface area contributed by atoms with E-state index in [4.69, 9.17) is 0 Å². The summed E-state index contributed by atoms with van der Waals surface area (Å²) in [6.07, 6.45) is -3.77. The zero-order valence-corrected chi connectivity index (χ0v) is 16.2. The van der Waals surface area contributed by atoms with Crippen molar-refractivity contribution in [3.05, 3.63) is 11.1 Å². The summed E-state index contributed by atoms with van der Waals surface area (Å²) in [5, 5.41) is 24.5. The van der Waals surface area contributed by atoms with E-state index in [-0.39, 0.29) is 17.6 Å². The van der Waals surface area contributed by atoms with Crippen molar-refractivity contribution < 1.29 is 32.8 Å². The van der Waals surface area contributed by atoms with Gasteiger partial charge in [0, 0.05) is 11.9 Å². The normalized spacial score (nSPS) is 17.9. The standard InChI is InChI=1S/C15H22BF3N4O4S/c1-8(2)5-11(16(26)27)22-12(24)6-20-13(25)9-3-4-23(9)14-21-10(7-28-14)15(17,18)19/h7-9,11,26-27H,3-6H2,1-2H3,(H,20,25)(H,22,24)/t9-,11?/m0/s1. The Hall–Kier alpha value is -1.86. The van der Waals surface area contributed by atoms with Crippen LogP contribution in [-0.4, -0.2) is 59.0 Å². The van der Waals surface area contributed by atoms with Crippen molar-refractivity contribution in [2.45, 2.75) is 44.8 Å². The number of carbonyl (C=O) groups excluding carboxylic acids is 2. The molecule has 28 heavy (non-hydrogen) atoms. The third-order valence-electron chi connectivity index (χ3n) is 4.21. The van der Waals surface area contributed by atoms with Gasteiger partial charge in [-0.1, -0.05) is 13.8 Å². The SMILES string of the molecule is CC(C)CC(NC(=O)CNC(=O)[C@@H]1CCN1c1nc(C(F)(F)F)cs1)B(O)O. The van der Waals surface area contributed by atoms with E-state index < -0.39 is 42.8 Å². The Morgan fingerprint density at radius 3 is 2.57 bits per heavy atom. The average Bonchev–Trinajstić information content (AvgIpc) is 3.00.